The van der Waals surface area contributed by atoms with E-state index in [0.717, 1.165) is 11.3 Å². The fraction of sp³-hybridized carbons (Fsp3) is 0.0667. The molecule has 0 fully saturated rings. The van der Waals surface area contributed by atoms with E-state index in [-0.39, 0.29) is 5.41 Å². The van der Waals surface area contributed by atoms with E-state index < -0.39 is 0 Å². The quantitative estimate of drug-likeness (QED) is 0.369. The highest BCUT2D eigenvalue weighted by molar-refractivity contribution is 6.07. The summed E-state index contributed by atoms with van der Waals surface area (Å²) in [7, 11) is 0. The highest BCUT2D eigenvalue weighted by Crippen LogP contribution is 2.64. The summed E-state index contributed by atoms with van der Waals surface area (Å²) < 4.78 is 0. The summed E-state index contributed by atoms with van der Waals surface area (Å²) in [5, 5.41) is 2.56. The number of nitrogens with two attached hydrogens (primary N) is 1. The maximum Gasteiger partial charge on any atom is 0.0725 e. The molecule has 0 saturated heterocycles. The third-order valence-corrected chi connectivity index (χ3v) is 6.83. The molecule has 0 amide bonds. The normalized spacial score (nSPS) is 20.4. The Morgan fingerprint density at radius 2 is 1.42 bits per heavy atom. The smallest absolute Gasteiger partial charge is 0.0725 e. The van der Waals surface area contributed by atoms with Gasteiger partial charge in [-0.25, -0.2) is 0 Å². The summed E-state index contributed by atoms with van der Waals surface area (Å²) in [6, 6.07) is 30.8. The van der Waals surface area contributed by atoms with E-state index in [0.29, 0.717) is 0 Å². The zero-order chi connectivity index (χ0) is 21.2. The van der Waals surface area contributed by atoms with E-state index in [1.54, 1.807) is 0 Å². The minimum absolute atomic E-state index is 0.379. The van der Waals surface area contributed by atoms with Gasteiger partial charge in [-0.3, -0.25) is 0 Å². The Balaban J connectivity index is 1.84. The van der Waals surface area contributed by atoms with Crippen LogP contribution in [-0.4, -0.2) is 0 Å². The monoisotopic (exact) mass is 397 g/mol. The Labute approximate surface area is 182 Å². The lowest BCUT2D eigenvalue weighted by Gasteiger charge is -2.30. The molecule has 148 valence electrons. The molecule has 1 heteroatoms. The van der Waals surface area contributed by atoms with Crippen LogP contribution in [0.25, 0.3) is 27.5 Å². The molecule has 2 aliphatic rings. The van der Waals surface area contributed by atoms with Gasteiger partial charge in [0.05, 0.1) is 5.41 Å². The summed E-state index contributed by atoms with van der Waals surface area (Å²) in [5.74, 6) is 0. The molecule has 0 aliphatic heterocycles. The molecule has 1 spiro atoms. The summed E-state index contributed by atoms with van der Waals surface area (Å²) in [5.41, 5.74) is 16.5. The van der Waals surface area contributed by atoms with Crippen molar-refractivity contribution in [2.45, 2.75) is 12.3 Å². The van der Waals surface area contributed by atoms with Crippen molar-refractivity contribution in [2.75, 3.05) is 0 Å². The number of rotatable bonds is 1. The summed E-state index contributed by atoms with van der Waals surface area (Å²) in [6.45, 7) is 6.47. The van der Waals surface area contributed by atoms with Gasteiger partial charge >= 0.3 is 0 Å². The second kappa shape index (κ2) is 6.33. The molecule has 6 rings (SSSR count). The number of hydrogen-bond acceptors (Lipinski definition) is 1. The van der Waals surface area contributed by atoms with Crippen molar-refractivity contribution in [1.82, 2.24) is 0 Å². The van der Waals surface area contributed by atoms with Crippen molar-refractivity contribution in [1.29, 1.82) is 0 Å². The first-order chi connectivity index (χ1) is 15.1. The van der Waals surface area contributed by atoms with Crippen LogP contribution in [0, 0.1) is 0 Å². The highest BCUT2D eigenvalue weighted by atomic mass is 14.6. The molecule has 0 bridgehead atoms. The van der Waals surface area contributed by atoms with Crippen LogP contribution in [0.5, 0.6) is 0 Å². The van der Waals surface area contributed by atoms with Crippen LogP contribution in [0.1, 0.15) is 29.2 Å². The number of hydrogen-bond donors (Lipinski definition) is 1. The van der Waals surface area contributed by atoms with Crippen molar-refractivity contribution < 1.29 is 0 Å². The van der Waals surface area contributed by atoms with Crippen molar-refractivity contribution in [3.05, 3.63) is 137 Å². The lowest BCUT2D eigenvalue weighted by molar-refractivity contribution is 0.795. The molecule has 0 saturated carbocycles. The lowest BCUT2D eigenvalue weighted by Crippen LogP contribution is -2.26. The van der Waals surface area contributed by atoms with Gasteiger partial charge in [0.25, 0.3) is 0 Å². The third-order valence-electron chi connectivity index (χ3n) is 6.83. The maximum atomic E-state index is 6.06. The van der Waals surface area contributed by atoms with Crippen LogP contribution in [0.4, 0.5) is 0 Å². The Morgan fingerprint density at radius 1 is 0.774 bits per heavy atom. The van der Waals surface area contributed by atoms with Crippen LogP contribution in [0.2, 0.25) is 0 Å². The molecule has 0 radical (unpaired) electrons. The van der Waals surface area contributed by atoms with Gasteiger partial charge in [-0.2, -0.15) is 0 Å². The van der Waals surface area contributed by atoms with Gasteiger partial charge in [-0.1, -0.05) is 97.6 Å². The Morgan fingerprint density at radius 3 is 2.19 bits per heavy atom. The zero-order valence-electron chi connectivity index (χ0n) is 17.5. The molecule has 4 aromatic carbocycles. The molecule has 1 nitrogen and oxygen atoms in total. The van der Waals surface area contributed by atoms with Gasteiger partial charge in [0, 0.05) is 5.70 Å². The molecule has 31 heavy (non-hydrogen) atoms. The van der Waals surface area contributed by atoms with Crippen LogP contribution in [0.15, 0.2) is 115 Å². The van der Waals surface area contributed by atoms with E-state index >= 15 is 0 Å². The average Bonchev–Trinajstić information content (AvgIpc) is 3.24. The van der Waals surface area contributed by atoms with E-state index in [2.05, 4.69) is 97.6 Å². The van der Waals surface area contributed by atoms with Crippen molar-refractivity contribution in [2.24, 2.45) is 5.73 Å². The maximum absolute atomic E-state index is 6.06. The zero-order valence-corrected chi connectivity index (χ0v) is 17.5. The summed E-state index contributed by atoms with van der Waals surface area (Å²) >= 11 is 0. The minimum Gasteiger partial charge on any atom is -0.402 e. The molecule has 0 heterocycles. The van der Waals surface area contributed by atoms with E-state index in [1.165, 1.54) is 49.7 Å². The topological polar surface area (TPSA) is 26.0 Å². The van der Waals surface area contributed by atoms with Crippen LogP contribution in [0.3, 0.4) is 0 Å². The molecule has 4 aromatic rings. The average molecular weight is 398 g/mol. The second-order valence-electron chi connectivity index (χ2n) is 8.52. The molecular weight excluding hydrogens is 374 g/mol. The van der Waals surface area contributed by atoms with Gasteiger partial charge in [0.2, 0.25) is 0 Å². The molecule has 0 aromatic heterocycles. The first kappa shape index (κ1) is 18.0. The van der Waals surface area contributed by atoms with Gasteiger partial charge in [0.15, 0.2) is 0 Å². The fourth-order valence-corrected chi connectivity index (χ4v) is 5.66. The Hall–Kier alpha value is -3.84. The fourth-order valence-electron chi connectivity index (χ4n) is 5.66. The molecular formula is C30H23N. The summed E-state index contributed by atoms with van der Waals surface area (Å²) in [4.78, 5) is 0. The molecule has 2 N–H and O–H groups in total. The van der Waals surface area contributed by atoms with E-state index in [9.17, 15) is 0 Å². The van der Waals surface area contributed by atoms with Gasteiger partial charge in [0.1, 0.15) is 0 Å². The van der Waals surface area contributed by atoms with Crippen LogP contribution in [-0.2, 0) is 5.41 Å². The van der Waals surface area contributed by atoms with Crippen LogP contribution >= 0.6 is 0 Å². The van der Waals surface area contributed by atoms with Crippen molar-refractivity contribution >= 4 is 16.3 Å². The second-order valence-corrected chi connectivity index (χ2v) is 8.52. The first-order valence-corrected chi connectivity index (χ1v) is 10.7. The van der Waals surface area contributed by atoms with Gasteiger partial charge < -0.3 is 5.73 Å². The number of fused-ring (bicyclic) bond motifs is 9. The van der Waals surface area contributed by atoms with Crippen molar-refractivity contribution in [3.63, 3.8) is 0 Å². The Bertz CT molecular complexity index is 1460. The molecule has 2 aliphatic carbocycles. The standard InChI is InChI=1S/C30H23N/c1-19(31)15-17-25-20(2)22-10-5-7-13-26(22)30(25)27-14-8-6-12-24(27)29-23-11-4-3-9-21(23)16-18-28(29)30/h3-18H,2,31H2,1H3/b19-15+,25-17+. The SMILES string of the molecule is C=C1/C(=C\C=C(/C)N)C2(c3ccccc31)c1ccccc1-c1c2ccc2ccccc12. The van der Waals surface area contributed by atoms with E-state index in [1.807, 2.05) is 13.0 Å². The predicted octanol–water partition coefficient (Wildman–Crippen LogP) is 6.97. The lowest BCUT2D eigenvalue weighted by atomic mass is 9.70. The van der Waals surface area contributed by atoms with E-state index in [4.69, 9.17) is 5.73 Å². The molecule has 1 unspecified atom stereocenters. The number of benzene rings is 4. The Kier molecular flexibility index (Phi) is 3.67. The largest absolute Gasteiger partial charge is 0.402 e. The van der Waals surface area contributed by atoms with Gasteiger partial charge in [-0.05, 0) is 68.3 Å². The minimum atomic E-state index is -0.379. The highest BCUT2D eigenvalue weighted by Gasteiger charge is 2.52. The predicted molar refractivity (Wildman–Crippen MR) is 131 cm³/mol. The van der Waals surface area contributed by atoms with Crippen LogP contribution < -0.4 is 5.73 Å². The third kappa shape index (κ3) is 2.21. The molecule has 1 atom stereocenters. The van der Waals surface area contributed by atoms with Gasteiger partial charge in [-0.15, -0.1) is 0 Å². The first-order valence-electron chi connectivity index (χ1n) is 10.7. The van der Waals surface area contributed by atoms with Crippen molar-refractivity contribution in [3.8, 4) is 11.1 Å². The summed E-state index contributed by atoms with van der Waals surface area (Å²) in [6.07, 6.45) is 4.19. The number of allylic oxidation sites excluding steroid dienone is 5.